The summed E-state index contributed by atoms with van der Waals surface area (Å²) in [5, 5.41) is 11.7. The molecule has 1 aromatic rings. The highest BCUT2D eigenvalue weighted by molar-refractivity contribution is 5.89. The second kappa shape index (κ2) is 6.33. The van der Waals surface area contributed by atoms with Gasteiger partial charge in [0, 0.05) is 32.4 Å². The van der Waals surface area contributed by atoms with Gasteiger partial charge in [0.05, 0.1) is 11.9 Å². The Morgan fingerprint density at radius 2 is 2.05 bits per heavy atom. The van der Waals surface area contributed by atoms with Crippen molar-refractivity contribution in [2.45, 2.75) is 13.0 Å². The van der Waals surface area contributed by atoms with Gasteiger partial charge >= 0.3 is 12.0 Å². The average molecular weight is 278 g/mol. The van der Waals surface area contributed by atoms with Crippen molar-refractivity contribution in [1.29, 1.82) is 0 Å². The number of aromatic nitrogens is 1. The zero-order valence-electron chi connectivity index (χ0n) is 11.3. The Balaban J connectivity index is 1.84. The Kier molecular flexibility index (Phi) is 4.52. The molecule has 0 spiro atoms. The Hall–Kier alpha value is -2.15. The van der Waals surface area contributed by atoms with Crippen LogP contribution in [0.4, 0.5) is 10.5 Å². The zero-order valence-corrected chi connectivity index (χ0v) is 11.3. The summed E-state index contributed by atoms with van der Waals surface area (Å²) in [5.74, 6) is -0.835. The molecule has 0 radical (unpaired) electrons. The maximum atomic E-state index is 12.0. The van der Waals surface area contributed by atoms with Gasteiger partial charge in [0.2, 0.25) is 0 Å². The lowest BCUT2D eigenvalue weighted by atomic mass is 10.2. The van der Waals surface area contributed by atoms with E-state index in [1.165, 1.54) is 0 Å². The predicted octanol–water partition coefficient (Wildman–Crippen LogP) is 0.704. The highest BCUT2D eigenvalue weighted by Gasteiger charge is 2.27. The van der Waals surface area contributed by atoms with Crippen LogP contribution in [0.3, 0.4) is 0 Å². The van der Waals surface area contributed by atoms with Gasteiger partial charge in [-0.2, -0.15) is 0 Å². The van der Waals surface area contributed by atoms with Gasteiger partial charge in [-0.05, 0) is 19.1 Å². The van der Waals surface area contributed by atoms with E-state index in [-0.39, 0.29) is 6.03 Å². The van der Waals surface area contributed by atoms with Gasteiger partial charge in [0.25, 0.3) is 0 Å². The van der Waals surface area contributed by atoms with Crippen LogP contribution < -0.4 is 5.32 Å². The molecule has 0 aromatic carbocycles. The Labute approximate surface area is 117 Å². The average Bonchev–Trinajstić information content (AvgIpc) is 2.47. The fourth-order valence-electron chi connectivity index (χ4n) is 2.11. The monoisotopic (exact) mass is 278 g/mol. The second-order valence-corrected chi connectivity index (χ2v) is 4.71. The lowest BCUT2D eigenvalue weighted by Crippen LogP contribution is -2.53. The first-order valence-corrected chi connectivity index (χ1v) is 6.51. The van der Waals surface area contributed by atoms with Crippen LogP contribution in [-0.2, 0) is 4.79 Å². The number of nitrogens with zero attached hydrogens (tertiary/aromatic N) is 3. The molecule has 1 fully saturated rings. The molecule has 0 aliphatic carbocycles. The first-order chi connectivity index (χ1) is 9.58. The number of urea groups is 1. The van der Waals surface area contributed by atoms with Gasteiger partial charge in [-0.3, -0.25) is 14.7 Å². The standard InChI is InChI=1S/C13H18N4O3/c1-10(12(18)19)16-5-7-17(8-6-16)13(20)15-11-3-2-4-14-9-11/h2-4,9-10H,5-8H2,1H3,(H,15,20)(H,18,19). The lowest BCUT2D eigenvalue weighted by molar-refractivity contribution is -0.143. The fraction of sp³-hybridized carbons (Fsp3) is 0.462. The molecular weight excluding hydrogens is 260 g/mol. The number of carboxylic acid groups (broad SMARTS) is 1. The normalized spacial score (nSPS) is 17.6. The summed E-state index contributed by atoms with van der Waals surface area (Å²) in [4.78, 5) is 30.4. The third-order valence-corrected chi connectivity index (χ3v) is 3.42. The minimum absolute atomic E-state index is 0.180. The summed E-state index contributed by atoms with van der Waals surface area (Å²) in [5.41, 5.74) is 0.652. The number of aliphatic carboxylic acids is 1. The number of carbonyl (C=O) groups excluding carboxylic acids is 1. The number of carboxylic acids is 1. The summed E-state index contributed by atoms with van der Waals surface area (Å²) in [6.45, 7) is 3.82. The van der Waals surface area contributed by atoms with Crippen LogP contribution >= 0.6 is 0 Å². The van der Waals surface area contributed by atoms with Crippen molar-refractivity contribution in [1.82, 2.24) is 14.8 Å². The summed E-state index contributed by atoms with van der Waals surface area (Å²) in [6.07, 6.45) is 3.22. The smallest absolute Gasteiger partial charge is 0.321 e. The first-order valence-electron chi connectivity index (χ1n) is 6.51. The van der Waals surface area contributed by atoms with Crippen molar-refractivity contribution < 1.29 is 14.7 Å². The number of anilines is 1. The molecule has 7 nitrogen and oxygen atoms in total. The molecule has 0 bridgehead atoms. The number of carbonyl (C=O) groups is 2. The molecule has 2 amide bonds. The van der Waals surface area contributed by atoms with Crippen molar-refractivity contribution in [2.75, 3.05) is 31.5 Å². The molecular formula is C13H18N4O3. The summed E-state index contributed by atoms with van der Waals surface area (Å²) in [7, 11) is 0. The minimum atomic E-state index is -0.835. The largest absolute Gasteiger partial charge is 0.480 e. The van der Waals surface area contributed by atoms with Crippen molar-refractivity contribution in [2.24, 2.45) is 0 Å². The Morgan fingerprint density at radius 1 is 1.35 bits per heavy atom. The number of nitrogens with one attached hydrogen (secondary N) is 1. The molecule has 1 aliphatic rings. The molecule has 1 aliphatic heterocycles. The molecule has 1 saturated heterocycles. The van der Waals surface area contributed by atoms with Crippen LogP contribution in [0.5, 0.6) is 0 Å². The van der Waals surface area contributed by atoms with Gasteiger partial charge in [-0.15, -0.1) is 0 Å². The van der Waals surface area contributed by atoms with Gasteiger partial charge in [-0.25, -0.2) is 4.79 Å². The van der Waals surface area contributed by atoms with Gasteiger partial charge < -0.3 is 15.3 Å². The third-order valence-electron chi connectivity index (χ3n) is 3.42. The fourth-order valence-corrected chi connectivity index (χ4v) is 2.11. The SMILES string of the molecule is CC(C(=O)O)N1CCN(C(=O)Nc2cccnc2)CC1. The molecule has 20 heavy (non-hydrogen) atoms. The number of pyridine rings is 1. The quantitative estimate of drug-likeness (QED) is 0.850. The molecule has 1 unspecified atom stereocenters. The van der Waals surface area contributed by atoms with E-state index in [1.54, 1.807) is 36.4 Å². The van der Waals surface area contributed by atoms with E-state index >= 15 is 0 Å². The highest BCUT2D eigenvalue weighted by Crippen LogP contribution is 2.09. The molecule has 108 valence electrons. The lowest BCUT2D eigenvalue weighted by Gasteiger charge is -2.36. The van der Waals surface area contributed by atoms with Crippen LogP contribution in [0.15, 0.2) is 24.5 Å². The number of rotatable bonds is 3. The van der Waals surface area contributed by atoms with E-state index in [2.05, 4.69) is 10.3 Å². The van der Waals surface area contributed by atoms with E-state index in [0.717, 1.165) is 0 Å². The van der Waals surface area contributed by atoms with Crippen LogP contribution in [0.1, 0.15) is 6.92 Å². The van der Waals surface area contributed by atoms with E-state index in [0.29, 0.717) is 31.9 Å². The minimum Gasteiger partial charge on any atom is -0.480 e. The Bertz CT molecular complexity index is 472. The molecule has 2 N–H and O–H groups in total. The number of amides is 2. The molecule has 2 heterocycles. The molecule has 1 aromatic heterocycles. The maximum absolute atomic E-state index is 12.0. The van der Waals surface area contributed by atoms with Gasteiger partial charge in [-0.1, -0.05) is 0 Å². The number of hydrogen-bond acceptors (Lipinski definition) is 4. The van der Waals surface area contributed by atoms with Crippen LogP contribution in [0.2, 0.25) is 0 Å². The molecule has 7 heteroatoms. The zero-order chi connectivity index (χ0) is 14.5. The van der Waals surface area contributed by atoms with Crippen LogP contribution in [-0.4, -0.2) is 64.1 Å². The van der Waals surface area contributed by atoms with E-state index in [9.17, 15) is 9.59 Å². The van der Waals surface area contributed by atoms with E-state index in [4.69, 9.17) is 5.11 Å². The molecule has 1 atom stereocenters. The summed E-state index contributed by atoms with van der Waals surface area (Å²) < 4.78 is 0. The predicted molar refractivity (Wildman–Crippen MR) is 73.5 cm³/mol. The van der Waals surface area contributed by atoms with Crippen molar-refractivity contribution >= 4 is 17.7 Å². The van der Waals surface area contributed by atoms with E-state index in [1.807, 2.05) is 4.90 Å². The van der Waals surface area contributed by atoms with Crippen molar-refractivity contribution in [3.8, 4) is 0 Å². The number of hydrogen-bond donors (Lipinski definition) is 2. The maximum Gasteiger partial charge on any atom is 0.321 e. The number of piperazine rings is 1. The van der Waals surface area contributed by atoms with Gasteiger partial charge in [0.1, 0.15) is 6.04 Å². The van der Waals surface area contributed by atoms with E-state index < -0.39 is 12.0 Å². The molecule has 0 saturated carbocycles. The second-order valence-electron chi connectivity index (χ2n) is 4.71. The third kappa shape index (κ3) is 3.45. The Morgan fingerprint density at radius 3 is 2.60 bits per heavy atom. The molecule has 2 rings (SSSR count). The van der Waals surface area contributed by atoms with Crippen molar-refractivity contribution in [3.63, 3.8) is 0 Å². The summed E-state index contributed by atoms with van der Waals surface area (Å²) >= 11 is 0. The topological polar surface area (TPSA) is 85.8 Å². The first kappa shape index (κ1) is 14.3. The highest BCUT2D eigenvalue weighted by atomic mass is 16.4. The van der Waals surface area contributed by atoms with Crippen LogP contribution in [0.25, 0.3) is 0 Å². The van der Waals surface area contributed by atoms with Crippen LogP contribution in [0, 0.1) is 0 Å². The summed E-state index contributed by atoms with van der Waals surface area (Å²) in [6, 6.07) is 2.83. The van der Waals surface area contributed by atoms with Gasteiger partial charge in [0.15, 0.2) is 0 Å². The van der Waals surface area contributed by atoms with Crippen molar-refractivity contribution in [3.05, 3.63) is 24.5 Å².